The number of rotatable bonds is 8. The number of benzene rings is 2. The highest BCUT2D eigenvalue weighted by molar-refractivity contribution is 7.89. The molecule has 2 aromatic carbocycles. The van der Waals surface area contributed by atoms with E-state index in [0.717, 1.165) is 5.56 Å². The molecule has 1 aliphatic heterocycles. The minimum absolute atomic E-state index is 0.00919. The zero-order valence-corrected chi connectivity index (χ0v) is 18.0. The van der Waals surface area contributed by atoms with Gasteiger partial charge in [0, 0.05) is 18.2 Å². The van der Waals surface area contributed by atoms with Crippen LogP contribution in [0.5, 0.6) is 17.2 Å². The highest BCUT2D eigenvalue weighted by Gasteiger charge is 2.29. The second-order valence-electron chi connectivity index (χ2n) is 7.18. The lowest BCUT2D eigenvalue weighted by atomic mass is 10.0. The summed E-state index contributed by atoms with van der Waals surface area (Å²) >= 11 is 0. The number of hydrogen-bond donors (Lipinski definition) is 2. The summed E-state index contributed by atoms with van der Waals surface area (Å²) in [4.78, 5) is 12.8. The number of amides is 1. The first kappa shape index (κ1) is 21.9. The molecule has 2 N–H and O–H groups in total. The molecule has 1 aliphatic rings. The summed E-state index contributed by atoms with van der Waals surface area (Å²) in [7, 11) is -2.40. The van der Waals surface area contributed by atoms with Crippen LogP contribution in [0.25, 0.3) is 0 Å². The summed E-state index contributed by atoms with van der Waals surface area (Å²) in [5.41, 5.74) is 0.797. The predicted octanol–water partition coefficient (Wildman–Crippen LogP) is 2.09. The van der Waals surface area contributed by atoms with Gasteiger partial charge in [-0.25, -0.2) is 8.42 Å². The normalized spacial score (nSPS) is 14.3. The number of carbonyl (C=O) groups is 1. The van der Waals surface area contributed by atoms with Crippen LogP contribution in [0.3, 0.4) is 0 Å². The lowest BCUT2D eigenvalue weighted by molar-refractivity contribution is -0.123. The third-order valence-corrected chi connectivity index (χ3v) is 6.14. The van der Waals surface area contributed by atoms with Crippen LogP contribution in [0.2, 0.25) is 0 Å². The van der Waals surface area contributed by atoms with Gasteiger partial charge in [-0.1, -0.05) is 32.0 Å². The summed E-state index contributed by atoms with van der Waals surface area (Å²) in [5.74, 6) is 0.823. The molecule has 1 amide bonds. The number of hydrogen-bond acceptors (Lipinski definition) is 6. The van der Waals surface area contributed by atoms with Crippen LogP contribution in [0.1, 0.15) is 19.4 Å². The van der Waals surface area contributed by atoms with E-state index in [-0.39, 0.29) is 17.4 Å². The van der Waals surface area contributed by atoms with Gasteiger partial charge >= 0.3 is 0 Å². The van der Waals surface area contributed by atoms with Crippen LogP contribution in [0.15, 0.2) is 47.4 Å². The second-order valence-corrected chi connectivity index (χ2v) is 8.89. The largest absolute Gasteiger partial charge is 0.496 e. The quantitative estimate of drug-likeness (QED) is 0.660. The molecule has 0 radical (unpaired) electrons. The Bertz CT molecular complexity index is 1010. The molecule has 0 aliphatic carbocycles. The average Bonchev–Trinajstić information content (AvgIpc) is 2.75. The van der Waals surface area contributed by atoms with Gasteiger partial charge in [0.2, 0.25) is 15.9 Å². The third kappa shape index (κ3) is 5.03. The molecule has 0 bridgehead atoms. The number of fused-ring (bicyclic) bond motifs is 1. The molecule has 0 saturated heterocycles. The fourth-order valence-electron chi connectivity index (χ4n) is 3.06. The maximum atomic E-state index is 12.9. The summed E-state index contributed by atoms with van der Waals surface area (Å²) in [6.07, 6.45) is 0. The van der Waals surface area contributed by atoms with Crippen LogP contribution in [-0.4, -0.2) is 40.7 Å². The number of nitrogens with one attached hydrogen (secondary N) is 2. The molecule has 1 atom stereocenters. The molecule has 9 heteroatoms. The molecule has 0 unspecified atom stereocenters. The van der Waals surface area contributed by atoms with Gasteiger partial charge in [-0.3, -0.25) is 4.79 Å². The van der Waals surface area contributed by atoms with Crippen molar-refractivity contribution in [1.82, 2.24) is 10.0 Å². The first-order valence-electron chi connectivity index (χ1n) is 9.63. The van der Waals surface area contributed by atoms with Crippen molar-refractivity contribution < 1.29 is 27.4 Å². The topological polar surface area (TPSA) is 103 Å². The van der Waals surface area contributed by atoms with Gasteiger partial charge in [0.15, 0.2) is 11.5 Å². The van der Waals surface area contributed by atoms with Gasteiger partial charge in [0.1, 0.15) is 25.0 Å². The summed E-state index contributed by atoms with van der Waals surface area (Å²) in [5, 5.41) is 2.79. The Kier molecular flexibility index (Phi) is 6.84. The van der Waals surface area contributed by atoms with Gasteiger partial charge in [-0.05, 0) is 24.1 Å². The minimum Gasteiger partial charge on any atom is -0.496 e. The van der Waals surface area contributed by atoms with E-state index >= 15 is 0 Å². The molecule has 30 heavy (non-hydrogen) atoms. The Morgan fingerprint density at radius 2 is 1.80 bits per heavy atom. The Morgan fingerprint density at radius 3 is 2.50 bits per heavy atom. The maximum absolute atomic E-state index is 12.9. The molecule has 2 aromatic rings. The smallest absolute Gasteiger partial charge is 0.241 e. The maximum Gasteiger partial charge on any atom is 0.241 e. The van der Waals surface area contributed by atoms with Crippen LogP contribution in [0.4, 0.5) is 0 Å². The van der Waals surface area contributed by atoms with E-state index in [2.05, 4.69) is 10.0 Å². The Morgan fingerprint density at radius 1 is 1.10 bits per heavy atom. The highest BCUT2D eigenvalue weighted by Crippen LogP contribution is 2.32. The molecular weight excluding hydrogens is 408 g/mol. The zero-order chi connectivity index (χ0) is 21.7. The van der Waals surface area contributed by atoms with Gasteiger partial charge in [-0.15, -0.1) is 0 Å². The molecule has 8 nitrogen and oxygen atoms in total. The van der Waals surface area contributed by atoms with Gasteiger partial charge in [-0.2, -0.15) is 4.72 Å². The van der Waals surface area contributed by atoms with E-state index < -0.39 is 22.0 Å². The molecule has 0 spiro atoms. The number of ether oxygens (including phenoxy) is 3. The first-order valence-corrected chi connectivity index (χ1v) is 11.1. The van der Waals surface area contributed by atoms with Crippen LogP contribution >= 0.6 is 0 Å². The Balaban J connectivity index is 1.73. The van der Waals surface area contributed by atoms with Crippen molar-refractivity contribution in [2.24, 2.45) is 5.92 Å². The molecule has 0 saturated carbocycles. The van der Waals surface area contributed by atoms with Crippen LogP contribution < -0.4 is 24.2 Å². The minimum atomic E-state index is -3.95. The zero-order valence-electron chi connectivity index (χ0n) is 17.2. The van der Waals surface area contributed by atoms with Crippen molar-refractivity contribution in [3.63, 3.8) is 0 Å². The number of sulfonamides is 1. The van der Waals surface area contributed by atoms with E-state index in [1.54, 1.807) is 33.1 Å². The van der Waals surface area contributed by atoms with Gasteiger partial charge in [0.05, 0.1) is 12.0 Å². The SMILES string of the molecule is COc1ccccc1CNC(=O)[C@@H](NS(=O)(=O)c1ccc2c(c1)OCCO2)C(C)C. The Labute approximate surface area is 176 Å². The van der Waals surface area contributed by atoms with Crippen molar-refractivity contribution in [3.05, 3.63) is 48.0 Å². The molecule has 0 fully saturated rings. The van der Waals surface area contributed by atoms with E-state index in [0.29, 0.717) is 30.5 Å². The predicted molar refractivity (Wildman–Crippen MR) is 111 cm³/mol. The van der Waals surface area contributed by atoms with Crippen molar-refractivity contribution in [3.8, 4) is 17.2 Å². The lowest BCUT2D eigenvalue weighted by Crippen LogP contribution is -2.49. The van der Waals surface area contributed by atoms with Crippen molar-refractivity contribution >= 4 is 15.9 Å². The fraction of sp³-hybridized carbons (Fsp3) is 0.381. The number of methoxy groups -OCH3 is 1. The standard InChI is InChI=1S/C21H26N2O6S/c1-14(2)20(21(24)22-13-15-6-4-5-7-17(15)27-3)23-30(25,26)16-8-9-18-19(12-16)29-11-10-28-18/h4-9,12,14,20,23H,10-11,13H2,1-3H3,(H,22,24)/t20-/m0/s1. The van der Waals surface area contributed by atoms with Crippen LogP contribution in [0, 0.1) is 5.92 Å². The number of carbonyl (C=O) groups excluding carboxylic acids is 1. The third-order valence-electron chi connectivity index (χ3n) is 4.70. The van der Waals surface area contributed by atoms with Gasteiger partial charge in [0.25, 0.3) is 0 Å². The van der Waals surface area contributed by atoms with E-state index in [1.165, 1.54) is 12.1 Å². The van der Waals surface area contributed by atoms with Crippen molar-refractivity contribution in [2.75, 3.05) is 20.3 Å². The van der Waals surface area contributed by atoms with E-state index in [4.69, 9.17) is 14.2 Å². The lowest BCUT2D eigenvalue weighted by Gasteiger charge is -2.23. The van der Waals surface area contributed by atoms with E-state index in [9.17, 15) is 13.2 Å². The van der Waals surface area contributed by atoms with E-state index in [1.807, 2.05) is 18.2 Å². The highest BCUT2D eigenvalue weighted by atomic mass is 32.2. The first-order chi connectivity index (χ1) is 14.3. The molecule has 1 heterocycles. The average molecular weight is 435 g/mol. The Hall–Kier alpha value is -2.78. The van der Waals surface area contributed by atoms with Crippen molar-refractivity contribution in [1.29, 1.82) is 0 Å². The fourth-order valence-corrected chi connectivity index (χ4v) is 4.42. The molecule has 3 rings (SSSR count). The summed E-state index contributed by atoms with van der Waals surface area (Å²) in [6.45, 7) is 4.54. The molecular formula is C21H26N2O6S. The monoisotopic (exact) mass is 434 g/mol. The molecule has 0 aromatic heterocycles. The van der Waals surface area contributed by atoms with Crippen molar-refractivity contribution in [2.45, 2.75) is 31.3 Å². The summed E-state index contributed by atoms with van der Waals surface area (Å²) < 4.78 is 44.5. The van der Waals surface area contributed by atoms with Gasteiger partial charge < -0.3 is 19.5 Å². The molecule has 162 valence electrons. The second kappa shape index (κ2) is 9.36. The van der Waals surface area contributed by atoms with Crippen LogP contribution in [-0.2, 0) is 21.4 Å². The summed E-state index contributed by atoms with van der Waals surface area (Å²) in [6, 6.07) is 10.8. The number of para-hydroxylation sites is 1.